The second-order valence-corrected chi connectivity index (χ2v) is 6.56. The Labute approximate surface area is 147 Å². The van der Waals surface area contributed by atoms with E-state index in [0.29, 0.717) is 12.0 Å². The number of hydrogen-bond donors (Lipinski definition) is 2. The number of guanidine groups is 1. The fourth-order valence-corrected chi connectivity index (χ4v) is 3.59. The van der Waals surface area contributed by atoms with E-state index in [1.165, 1.54) is 5.56 Å². The summed E-state index contributed by atoms with van der Waals surface area (Å²) >= 11 is 0. The number of rotatable bonds is 3. The van der Waals surface area contributed by atoms with E-state index >= 15 is 0 Å². The van der Waals surface area contributed by atoms with Crippen LogP contribution in [0.15, 0.2) is 35.6 Å². The molecule has 2 N–H and O–H groups in total. The molecule has 7 heteroatoms. The first-order valence-electron chi connectivity index (χ1n) is 8.89. The van der Waals surface area contributed by atoms with Crippen LogP contribution >= 0.6 is 0 Å². The van der Waals surface area contributed by atoms with Crippen molar-refractivity contribution in [2.45, 2.75) is 37.8 Å². The molecule has 0 aliphatic carbocycles. The number of nitrogens with one attached hydrogen (secondary N) is 2. The lowest BCUT2D eigenvalue weighted by Crippen LogP contribution is -2.48. The second-order valence-electron chi connectivity index (χ2n) is 6.56. The maximum atomic E-state index is 5.74. The van der Waals surface area contributed by atoms with Crippen LogP contribution in [0.3, 0.4) is 0 Å². The fourth-order valence-electron chi connectivity index (χ4n) is 3.59. The largest absolute Gasteiger partial charge is 0.493 e. The molecule has 2 aliphatic heterocycles. The summed E-state index contributed by atoms with van der Waals surface area (Å²) in [4.78, 5) is 8.66. The number of benzene rings is 1. The van der Waals surface area contributed by atoms with Gasteiger partial charge < -0.3 is 15.4 Å². The van der Waals surface area contributed by atoms with Crippen LogP contribution in [-0.2, 0) is 13.0 Å². The van der Waals surface area contributed by atoms with Crippen LogP contribution in [0.4, 0.5) is 0 Å². The number of para-hydroxylation sites is 1. The van der Waals surface area contributed by atoms with E-state index < -0.39 is 0 Å². The van der Waals surface area contributed by atoms with Crippen LogP contribution in [-0.4, -0.2) is 47.0 Å². The summed E-state index contributed by atoms with van der Waals surface area (Å²) in [6.07, 6.45) is 4.64. The van der Waals surface area contributed by atoms with Gasteiger partial charge in [0, 0.05) is 32.0 Å². The van der Waals surface area contributed by atoms with Crippen molar-refractivity contribution in [3.05, 3.63) is 42.0 Å². The zero-order valence-electron chi connectivity index (χ0n) is 14.5. The third-order valence-electron chi connectivity index (χ3n) is 4.97. The molecular formula is C18H24N6O. The van der Waals surface area contributed by atoms with Gasteiger partial charge in [-0.3, -0.25) is 4.99 Å². The zero-order valence-corrected chi connectivity index (χ0v) is 14.5. The van der Waals surface area contributed by atoms with E-state index in [9.17, 15) is 0 Å². The number of aliphatic imine (C=N–C) groups is 1. The Morgan fingerprint density at radius 1 is 1.36 bits per heavy atom. The Hall–Kier alpha value is -2.57. The van der Waals surface area contributed by atoms with Crippen molar-refractivity contribution in [3.63, 3.8) is 0 Å². The molecule has 132 valence electrons. The average molecular weight is 340 g/mol. The van der Waals surface area contributed by atoms with Crippen LogP contribution in [0.25, 0.3) is 0 Å². The molecule has 0 radical (unpaired) electrons. The van der Waals surface area contributed by atoms with E-state index in [0.717, 1.165) is 56.5 Å². The van der Waals surface area contributed by atoms with Gasteiger partial charge in [-0.05, 0) is 24.5 Å². The highest BCUT2D eigenvalue weighted by Crippen LogP contribution is 2.32. The van der Waals surface area contributed by atoms with Crippen LogP contribution in [0.5, 0.6) is 5.75 Å². The summed E-state index contributed by atoms with van der Waals surface area (Å²) in [5.74, 6) is 3.36. The minimum absolute atomic E-state index is 0.322. The van der Waals surface area contributed by atoms with Crippen molar-refractivity contribution in [2.75, 3.05) is 20.2 Å². The zero-order chi connectivity index (χ0) is 17.1. The summed E-state index contributed by atoms with van der Waals surface area (Å²) in [5.41, 5.74) is 1.28. The third-order valence-corrected chi connectivity index (χ3v) is 4.97. The maximum Gasteiger partial charge on any atom is 0.191 e. The van der Waals surface area contributed by atoms with Gasteiger partial charge in [0.2, 0.25) is 0 Å². The van der Waals surface area contributed by atoms with Gasteiger partial charge >= 0.3 is 0 Å². The number of hydrogen-bond acceptors (Lipinski definition) is 4. The summed E-state index contributed by atoms with van der Waals surface area (Å²) < 4.78 is 7.72. The first kappa shape index (κ1) is 15.9. The minimum atomic E-state index is 0.322. The molecule has 7 nitrogen and oxygen atoms in total. The average Bonchev–Trinajstić information content (AvgIpc) is 3.13. The van der Waals surface area contributed by atoms with Crippen molar-refractivity contribution in [1.82, 2.24) is 25.4 Å². The van der Waals surface area contributed by atoms with Crippen molar-refractivity contribution in [2.24, 2.45) is 4.99 Å². The predicted octanol–water partition coefficient (Wildman–Crippen LogP) is 1.32. The number of aryl methyl sites for hydroxylation is 1. The molecule has 2 atom stereocenters. The van der Waals surface area contributed by atoms with E-state index in [2.05, 4.69) is 37.8 Å². The first-order chi connectivity index (χ1) is 12.3. The second kappa shape index (κ2) is 7.13. The van der Waals surface area contributed by atoms with Gasteiger partial charge in [-0.25, -0.2) is 9.67 Å². The molecule has 2 aromatic rings. The highest BCUT2D eigenvalue weighted by molar-refractivity contribution is 5.80. The van der Waals surface area contributed by atoms with Crippen molar-refractivity contribution >= 4 is 5.96 Å². The van der Waals surface area contributed by atoms with Crippen molar-refractivity contribution in [1.29, 1.82) is 0 Å². The Morgan fingerprint density at radius 3 is 3.20 bits per heavy atom. The molecule has 3 heterocycles. The van der Waals surface area contributed by atoms with Crippen molar-refractivity contribution < 1.29 is 4.74 Å². The molecule has 0 saturated carbocycles. The topological polar surface area (TPSA) is 76.4 Å². The highest BCUT2D eigenvalue weighted by Gasteiger charge is 2.23. The number of fused-ring (bicyclic) bond motifs is 2. The number of ether oxygens (including phenoxy) is 1. The van der Waals surface area contributed by atoms with E-state index in [1.807, 2.05) is 23.9 Å². The Bertz CT molecular complexity index is 756. The Kier molecular flexibility index (Phi) is 4.54. The molecule has 0 fully saturated rings. The van der Waals surface area contributed by atoms with E-state index in [4.69, 9.17) is 4.74 Å². The third kappa shape index (κ3) is 3.45. The molecule has 0 amide bonds. The molecule has 2 unspecified atom stereocenters. The van der Waals surface area contributed by atoms with Gasteiger partial charge in [0.25, 0.3) is 0 Å². The number of aromatic nitrogens is 3. The van der Waals surface area contributed by atoms with Gasteiger partial charge in [0.1, 0.15) is 17.9 Å². The molecule has 1 aromatic carbocycles. The molecule has 2 aliphatic rings. The molecule has 0 saturated heterocycles. The maximum absolute atomic E-state index is 5.74. The predicted molar refractivity (Wildman–Crippen MR) is 95.9 cm³/mol. The summed E-state index contributed by atoms with van der Waals surface area (Å²) in [6.45, 7) is 2.45. The summed E-state index contributed by atoms with van der Waals surface area (Å²) in [6, 6.07) is 8.63. The summed E-state index contributed by atoms with van der Waals surface area (Å²) in [5, 5.41) is 11.3. The lowest BCUT2D eigenvalue weighted by atomic mass is 9.93. The van der Waals surface area contributed by atoms with Crippen LogP contribution in [0.1, 0.15) is 30.1 Å². The summed E-state index contributed by atoms with van der Waals surface area (Å²) in [7, 11) is 1.82. The standard InChI is InChI=1S/C18H24N6O/c1-19-18(23-14-6-7-17-21-12-22-24(17)11-14)20-10-13-8-9-25-16-5-3-2-4-15(13)16/h2-5,12-14H,6-11H2,1H3,(H2,19,20,23). The monoisotopic (exact) mass is 340 g/mol. The van der Waals surface area contributed by atoms with E-state index in [-0.39, 0.29) is 0 Å². The van der Waals surface area contributed by atoms with Gasteiger partial charge in [-0.1, -0.05) is 18.2 Å². The SMILES string of the molecule is CN=C(NCC1CCOc2ccccc21)NC1CCc2ncnn2C1. The van der Waals surface area contributed by atoms with Gasteiger partial charge in [0.05, 0.1) is 13.2 Å². The highest BCUT2D eigenvalue weighted by atomic mass is 16.5. The van der Waals surface area contributed by atoms with Crippen molar-refractivity contribution in [3.8, 4) is 5.75 Å². The quantitative estimate of drug-likeness (QED) is 0.651. The minimum Gasteiger partial charge on any atom is -0.493 e. The first-order valence-corrected chi connectivity index (χ1v) is 8.89. The van der Waals surface area contributed by atoms with Gasteiger partial charge in [-0.15, -0.1) is 0 Å². The molecule has 25 heavy (non-hydrogen) atoms. The number of nitrogens with zero attached hydrogens (tertiary/aromatic N) is 4. The van der Waals surface area contributed by atoms with Gasteiger partial charge in [-0.2, -0.15) is 5.10 Å². The Morgan fingerprint density at radius 2 is 2.28 bits per heavy atom. The van der Waals surface area contributed by atoms with Crippen LogP contribution in [0.2, 0.25) is 0 Å². The normalized spacial score (nSPS) is 22.5. The molecule has 0 spiro atoms. The molecule has 0 bridgehead atoms. The molecule has 4 rings (SSSR count). The smallest absolute Gasteiger partial charge is 0.191 e. The van der Waals surface area contributed by atoms with Crippen LogP contribution in [0, 0.1) is 0 Å². The lowest BCUT2D eigenvalue weighted by Gasteiger charge is -2.28. The van der Waals surface area contributed by atoms with Crippen LogP contribution < -0.4 is 15.4 Å². The van der Waals surface area contributed by atoms with Gasteiger partial charge in [0.15, 0.2) is 5.96 Å². The van der Waals surface area contributed by atoms with E-state index in [1.54, 1.807) is 6.33 Å². The molecule has 1 aromatic heterocycles. The Balaban J connectivity index is 1.35. The molecular weight excluding hydrogens is 316 g/mol. The lowest BCUT2D eigenvalue weighted by molar-refractivity contribution is 0.267. The fraction of sp³-hybridized carbons (Fsp3) is 0.500.